The molecule has 1 fully saturated rings. The Balaban J connectivity index is 1.49. The first kappa shape index (κ1) is 16.8. The minimum absolute atomic E-state index is 0.0739. The third-order valence-electron chi connectivity index (χ3n) is 4.08. The van der Waals surface area contributed by atoms with Crippen molar-refractivity contribution in [2.45, 2.75) is 6.92 Å². The summed E-state index contributed by atoms with van der Waals surface area (Å²) >= 11 is 0. The zero-order chi connectivity index (χ0) is 17.6. The molecular weight excluding hydrogens is 318 g/mol. The van der Waals surface area contributed by atoms with Gasteiger partial charge in [-0.1, -0.05) is 12.1 Å². The van der Waals surface area contributed by atoms with Gasteiger partial charge < -0.3 is 19.5 Å². The summed E-state index contributed by atoms with van der Waals surface area (Å²) in [5.74, 6) is 0.569. The Bertz CT molecular complexity index is 760. The summed E-state index contributed by atoms with van der Waals surface area (Å²) in [6.45, 7) is 4.04. The highest BCUT2D eigenvalue weighted by molar-refractivity contribution is 5.92. The molecule has 0 aliphatic carbocycles. The molecule has 1 aliphatic heterocycles. The van der Waals surface area contributed by atoms with Gasteiger partial charge in [0.25, 0.3) is 0 Å². The number of nitrogens with one attached hydrogen (secondary N) is 1. The highest BCUT2D eigenvalue weighted by Gasteiger charge is 2.23. The molecule has 6 heteroatoms. The smallest absolute Gasteiger partial charge is 0.321 e. The number of urea groups is 1. The summed E-state index contributed by atoms with van der Waals surface area (Å²) in [7, 11) is 0. The van der Waals surface area contributed by atoms with Gasteiger partial charge in [0, 0.05) is 37.9 Å². The van der Waals surface area contributed by atoms with Crippen LogP contribution in [0.15, 0.2) is 53.2 Å². The van der Waals surface area contributed by atoms with Crippen LogP contribution in [0.3, 0.4) is 0 Å². The first-order chi connectivity index (χ1) is 12.1. The number of nitrogens with zero attached hydrogens (tertiary/aromatic N) is 2. The number of furan rings is 1. The van der Waals surface area contributed by atoms with Crippen molar-refractivity contribution in [3.63, 3.8) is 0 Å². The highest BCUT2D eigenvalue weighted by atomic mass is 16.3. The second-order valence-corrected chi connectivity index (χ2v) is 5.96. The minimum atomic E-state index is -0.135. The van der Waals surface area contributed by atoms with Gasteiger partial charge in [0.1, 0.15) is 5.76 Å². The van der Waals surface area contributed by atoms with Crippen molar-refractivity contribution in [2.24, 2.45) is 0 Å². The van der Waals surface area contributed by atoms with Crippen molar-refractivity contribution >= 4 is 23.7 Å². The molecule has 1 aliphatic rings. The fourth-order valence-electron chi connectivity index (χ4n) is 2.70. The molecule has 0 atom stereocenters. The molecule has 1 N–H and O–H groups in total. The van der Waals surface area contributed by atoms with Crippen LogP contribution in [0.1, 0.15) is 11.3 Å². The molecule has 0 saturated carbocycles. The lowest BCUT2D eigenvalue weighted by atomic mass is 10.2. The van der Waals surface area contributed by atoms with Gasteiger partial charge in [0.05, 0.1) is 6.26 Å². The van der Waals surface area contributed by atoms with E-state index in [1.54, 1.807) is 34.3 Å². The highest BCUT2D eigenvalue weighted by Crippen LogP contribution is 2.12. The summed E-state index contributed by atoms with van der Waals surface area (Å²) < 4.78 is 5.17. The molecule has 25 heavy (non-hydrogen) atoms. The van der Waals surface area contributed by atoms with Crippen LogP contribution in [0.2, 0.25) is 0 Å². The van der Waals surface area contributed by atoms with Gasteiger partial charge in [-0.05, 0) is 42.8 Å². The third kappa shape index (κ3) is 4.50. The largest absolute Gasteiger partial charge is 0.465 e. The SMILES string of the molecule is Cc1cccc(NC(=O)N2CCN(C(=O)C=Cc3ccco3)CC2)c1. The maximum Gasteiger partial charge on any atom is 0.321 e. The molecule has 0 bridgehead atoms. The molecule has 0 radical (unpaired) electrons. The van der Waals surface area contributed by atoms with Crippen LogP contribution in [-0.4, -0.2) is 47.9 Å². The molecular formula is C19H21N3O3. The Labute approximate surface area is 146 Å². The fraction of sp³-hybridized carbons (Fsp3) is 0.263. The summed E-state index contributed by atoms with van der Waals surface area (Å²) in [6.07, 6.45) is 4.72. The van der Waals surface area contributed by atoms with Crippen molar-refractivity contribution in [2.75, 3.05) is 31.5 Å². The molecule has 3 rings (SSSR count). The van der Waals surface area contributed by atoms with E-state index >= 15 is 0 Å². The number of anilines is 1. The number of amides is 3. The van der Waals surface area contributed by atoms with Crippen LogP contribution < -0.4 is 5.32 Å². The maximum atomic E-state index is 12.3. The molecule has 1 saturated heterocycles. The van der Waals surface area contributed by atoms with E-state index in [2.05, 4.69) is 5.32 Å². The molecule has 2 aromatic rings. The minimum Gasteiger partial charge on any atom is -0.465 e. The van der Waals surface area contributed by atoms with Crippen LogP contribution in [0.25, 0.3) is 6.08 Å². The van der Waals surface area contributed by atoms with E-state index in [1.165, 1.54) is 6.08 Å². The second-order valence-electron chi connectivity index (χ2n) is 5.96. The average Bonchev–Trinajstić information content (AvgIpc) is 3.13. The zero-order valence-corrected chi connectivity index (χ0v) is 14.1. The van der Waals surface area contributed by atoms with Crippen molar-refractivity contribution in [3.05, 3.63) is 60.1 Å². The normalized spacial score (nSPS) is 14.8. The van der Waals surface area contributed by atoms with E-state index in [0.29, 0.717) is 31.9 Å². The van der Waals surface area contributed by atoms with Gasteiger partial charge >= 0.3 is 6.03 Å². The predicted molar refractivity (Wildman–Crippen MR) is 96.1 cm³/mol. The Kier molecular flexibility index (Phi) is 5.18. The van der Waals surface area contributed by atoms with E-state index in [4.69, 9.17) is 4.42 Å². The van der Waals surface area contributed by atoms with Crippen molar-refractivity contribution in [1.82, 2.24) is 9.80 Å². The number of carbonyl (C=O) groups excluding carboxylic acids is 2. The second kappa shape index (κ2) is 7.70. The van der Waals surface area contributed by atoms with Crippen LogP contribution in [0, 0.1) is 6.92 Å². The number of benzene rings is 1. The molecule has 3 amide bonds. The zero-order valence-electron chi connectivity index (χ0n) is 14.1. The standard InChI is InChI=1S/C19H21N3O3/c1-15-4-2-5-16(14-15)20-19(24)22-11-9-21(10-12-22)18(23)8-7-17-6-3-13-25-17/h2-8,13-14H,9-12H2,1H3,(H,20,24). The van der Waals surface area contributed by atoms with Gasteiger partial charge in [-0.3, -0.25) is 4.79 Å². The van der Waals surface area contributed by atoms with E-state index in [1.807, 2.05) is 31.2 Å². The lowest BCUT2D eigenvalue weighted by Crippen LogP contribution is -2.51. The quantitative estimate of drug-likeness (QED) is 0.874. The van der Waals surface area contributed by atoms with Crippen LogP contribution in [0.5, 0.6) is 0 Å². The molecule has 0 spiro atoms. The average molecular weight is 339 g/mol. The van der Waals surface area contributed by atoms with Crippen LogP contribution in [-0.2, 0) is 4.79 Å². The molecule has 130 valence electrons. The van der Waals surface area contributed by atoms with E-state index in [-0.39, 0.29) is 11.9 Å². The third-order valence-corrected chi connectivity index (χ3v) is 4.08. The van der Waals surface area contributed by atoms with Crippen molar-refractivity contribution in [3.8, 4) is 0 Å². The molecule has 6 nitrogen and oxygen atoms in total. The van der Waals surface area contributed by atoms with Gasteiger partial charge in [-0.25, -0.2) is 4.79 Å². The van der Waals surface area contributed by atoms with E-state index in [0.717, 1.165) is 11.3 Å². The van der Waals surface area contributed by atoms with Gasteiger partial charge in [-0.15, -0.1) is 0 Å². The summed E-state index contributed by atoms with van der Waals surface area (Å²) in [5.41, 5.74) is 1.88. The Hall–Kier alpha value is -3.02. The fourth-order valence-corrected chi connectivity index (χ4v) is 2.70. The number of rotatable bonds is 3. The predicted octanol–water partition coefficient (Wildman–Crippen LogP) is 2.98. The van der Waals surface area contributed by atoms with E-state index < -0.39 is 0 Å². The van der Waals surface area contributed by atoms with Crippen molar-refractivity contribution in [1.29, 1.82) is 0 Å². The number of hydrogen-bond donors (Lipinski definition) is 1. The van der Waals surface area contributed by atoms with Gasteiger partial charge in [0.2, 0.25) is 5.91 Å². The monoisotopic (exact) mass is 339 g/mol. The lowest BCUT2D eigenvalue weighted by molar-refractivity contribution is -0.127. The maximum absolute atomic E-state index is 12.3. The number of piperazine rings is 1. The Morgan fingerprint density at radius 2 is 1.84 bits per heavy atom. The number of carbonyl (C=O) groups is 2. The first-order valence-corrected chi connectivity index (χ1v) is 8.25. The molecule has 1 aromatic carbocycles. The van der Waals surface area contributed by atoms with E-state index in [9.17, 15) is 9.59 Å². The van der Waals surface area contributed by atoms with Gasteiger partial charge in [-0.2, -0.15) is 0 Å². The lowest BCUT2D eigenvalue weighted by Gasteiger charge is -2.34. The summed E-state index contributed by atoms with van der Waals surface area (Å²) in [5, 5.41) is 2.90. The molecule has 0 unspecified atom stereocenters. The van der Waals surface area contributed by atoms with Crippen LogP contribution in [0.4, 0.5) is 10.5 Å². The Morgan fingerprint density at radius 3 is 2.52 bits per heavy atom. The van der Waals surface area contributed by atoms with Crippen molar-refractivity contribution < 1.29 is 14.0 Å². The number of aryl methyl sites for hydroxylation is 1. The summed E-state index contributed by atoms with van der Waals surface area (Å²) in [6, 6.07) is 11.1. The summed E-state index contributed by atoms with van der Waals surface area (Å²) in [4.78, 5) is 28.0. The molecule has 2 heterocycles. The topological polar surface area (TPSA) is 65.8 Å². The number of hydrogen-bond acceptors (Lipinski definition) is 3. The molecule has 1 aromatic heterocycles. The first-order valence-electron chi connectivity index (χ1n) is 8.25. The van der Waals surface area contributed by atoms with Crippen LogP contribution >= 0.6 is 0 Å². The Morgan fingerprint density at radius 1 is 1.08 bits per heavy atom. The van der Waals surface area contributed by atoms with Gasteiger partial charge in [0.15, 0.2) is 0 Å².